The summed E-state index contributed by atoms with van der Waals surface area (Å²) >= 11 is 0. The van der Waals surface area contributed by atoms with Crippen molar-refractivity contribution in [2.24, 2.45) is 0 Å². The SMILES string of the molecule is CC(C)c1nc2c(c(-c3ccc(F)cc3)c1/C=C/[C@@H](O)C[C@@H](O)CC(=O)O)CNCc1ccccc1-2.COC(=O)C[C@H]1C[C@@H](/C=C/c2c(C(C)C)nc3c(c2-c2ccc(F)cc2)CN(C(=O)OC)Cc2ccccc2-3)OC(C)(C)O1. The average Bonchev–Trinajstić information content (AvgIpc) is 3.77. The van der Waals surface area contributed by atoms with Crippen molar-refractivity contribution in [2.45, 2.75) is 135 Å². The maximum absolute atomic E-state index is 14.2. The number of ether oxygens (including phenoxy) is 4. The van der Waals surface area contributed by atoms with Gasteiger partial charge < -0.3 is 39.6 Å². The zero-order chi connectivity index (χ0) is 57.4. The number of aromatic nitrogens is 2. The maximum Gasteiger partial charge on any atom is 0.410 e. The number of carboxylic acids is 1. The number of halogens is 2. The minimum absolute atomic E-state index is 0.0328. The predicted octanol–water partition coefficient (Wildman–Crippen LogP) is 12.1. The first-order valence-electron chi connectivity index (χ1n) is 27.0. The van der Waals surface area contributed by atoms with Crippen LogP contribution in [0.15, 0.2) is 109 Å². The molecule has 4 atom stereocenters. The second-order valence-corrected chi connectivity index (χ2v) is 21.4. The number of carboxylic acid groups (broad SMARTS) is 1. The minimum atomic E-state index is -1.16. The lowest BCUT2D eigenvalue weighted by molar-refractivity contribution is -0.290. The Morgan fingerprint density at radius 2 is 1.29 bits per heavy atom. The number of benzene rings is 4. The van der Waals surface area contributed by atoms with Gasteiger partial charge in [0.05, 0.1) is 87.3 Å². The first-order valence-corrected chi connectivity index (χ1v) is 27.0. The molecular weight excluding hydrogens is 1020 g/mol. The number of pyridine rings is 2. The zero-order valence-corrected chi connectivity index (χ0v) is 46.5. The number of rotatable bonds is 14. The van der Waals surface area contributed by atoms with E-state index in [2.05, 4.69) is 45.1 Å². The third-order valence-electron chi connectivity index (χ3n) is 14.3. The molecule has 3 aliphatic rings. The zero-order valence-electron chi connectivity index (χ0n) is 46.5. The Hall–Kier alpha value is -7.47. The van der Waals surface area contributed by atoms with Gasteiger partial charge in [-0.2, -0.15) is 0 Å². The topological polar surface area (TPSA) is 190 Å². The molecule has 0 radical (unpaired) electrons. The van der Waals surface area contributed by atoms with Gasteiger partial charge >= 0.3 is 18.0 Å². The lowest BCUT2D eigenvalue weighted by Crippen LogP contribution is -2.44. The summed E-state index contributed by atoms with van der Waals surface area (Å²) in [6, 6.07) is 28.8. The monoisotopic (exact) mass is 1090 g/mol. The van der Waals surface area contributed by atoms with Gasteiger partial charge in [-0.1, -0.05) is 125 Å². The van der Waals surface area contributed by atoms with Gasteiger partial charge in [0.2, 0.25) is 0 Å². The van der Waals surface area contributed by atoms with Gasteiger partial charge in [0.25, 0.3) is 0 Å². The average molecular weight is 1090 g/mol. The Bertz CT molecular complexity index is 3270. The van der Waals surface area contributed by atoms with E-state index in [-0.39, 0.29) is 61.0 Å². The summed E-state index contributed by atoms with van der Waals surface area (Å²) in [5.74, 6) is -2.97. The number of amides is 1. The third kappa shape index (κ3) is 13.9. The summed E-state index contributed by atoms with van der Waals surface area (Å²) in [6.07, 6.45) is 3.98. The smallest absolute Gasteiger partial charge is 0.410 e. The van der Waals surface area contributed by atoms with Crippen LogP contribution in [0.2, 0.25) is 0 Å². The number of aliphatic carboxylic acids is 1. The Balaban J connectivity index is 0.000000215. The molecule has 4 aromatic carbocycles. The summed E-state index contributed by atoms with van der Waals surface area (Å²) in [4.78, 5) is 47.9. The number of nitrogens with one attached hydrogen (secondary N) is 1. The molecule has 6 aromatic rings. The van der Waals surface area contributed by atoms with Crippen LogP contribution in [0.25, 0.3) is 56.9 Å². The molecule has 0 bridgehead atoms. The second-order valence-electron chi connectivity index (χ2n) is 21.4. The summed E-state index contributed by atoms with van der Waals surface area (Å²) in [5, 5.41) is 32.8. The fourth-order valence-corrected chi connectivity index (χ4v) is 10.7. The summed E-state index contributed by atoms with van der Waals surface area (Å²) in [5.41, 5.74) is 14.3. The minimum Gasteiger partial charge on any atom is -0.481 e. The van der Waals surface area contributed by atoms with Crippen molar-refractivity contribution >= 4 is 30.2 Å². The van der Waals surface area contributed by atoms with E-state index in [1.165, 1.54) is 38.5 Å². The molecule has 420 valence electrons. The van der Waals surface area contributed by atoms with Crippen LogP contribution < -0.4 is 5.32 Å². The van der Waals surface area contributed by atoms with Crippen molar-refractivity contribution < 1.29 is 57.4 Å². The molecule has 0 unspecified atom stereocenters. The van der Waals surface area contributed by atoms with Crippen LogP contribution in [-0.2, 0) is 54.7 Å². The molecule has 4 N–H and O–H groups in total. The van der Waals surface area contributed by atoms with Crippen LogP contribution in [0, 0.1) is 11.6 Å². The van der Waals surface area contributed by atoms with Gasteiger partial charge in [0.15, 0.2) is 5.79 Å². The first kappa shape index (κ1) is 58.7. The molecule has 2 aromatic heterocycles. The van der Waals surface area contributed by atoms with E-state index in [4.69, 9.17) is 34.0 Å². The molecule has 3 aliphatic heterocycles. The van der Waals surface area contributed by atoms with Crippen LogP contribution in [0.1, 0.15) is 124 Å². The van der Waals surface area contributed by atoms with E-state index in [9.17, 15) is 33.4 Å². The van der Waals surface area contributed by atoms with Crippen molar-refractivity contribution in [3.63, 3.8) is 0 Å². The highest BCUT2D eigenvalue weighted by Crippen LogP contribution is 2.44. The van der Waals surface area contributed by atoms with E-state index >= 15 is 0 Å². The van der Waals surface area contributed by atoms with Gasteiger partial charge in [-0.3, -0.25) is 24.5 Å². The van der Waals surface area contributed by atoms with E-state index in [1.807, 2.05) is 62.4 Å². The summed E-state index contributed by atoms with van der Waals surface area (Å²) < 4.78 is 50.3. The standard InChI is InChI=1S/C35H39FN2O6.C29H31FN2O4/c1-21(2)32-28(16-15-25-17-26(18-30(39)41-5)44-35(3,4)43-25)31(22-11-13-24(36)14-12-22)29-20-38(34(40)42-6)19-23-9-7-8-10-27(23)33(29)37-32;1-17(2)28-24(12-11-21(33)13-22(34)14-26(35)36)27(18-7-9-20(30)10-8-18)25-16-31-15-19-5-3-4-6-23(19)29(25)32-28/h7-16,21,25-26H,17-20H2,1-6H3;3-12,17,21-22,31,33-34H,13-16H2,1-2H3,(H,35,36)/b16-15+;12-11+/t25-,26-;21-,22-/m11/s1. The molecule has 5 heterocycles. The van der Waals surface area contributed by atoms with Crippen LogP contribution in [0.4, 0.5) is 13.6 Å². The number of carbonyl (C=O) groups is 3. The normalized spacial score (nSPS) is 17.3. The number of aliphatic hydroxyl groups excluding tert-OH is 2. The van der Waals surface area contributed by atoms with Gasteiger partial charge in [0, 0.05) is 59.3 Å². The van der Waals surface area contributed by atoms with Crippen LogP contribution in [0.5, 0.6) is 0 Å². The predicted molar refractivity (Wildman–Crippen MR) is 303 cm³/mol. The number of hydrogen-bond acceptors (Lipinski definition) is 12. The molecule has 80 heavy (non-hydrogen) atoms. The van der Waals surface area contributed by atoms with Crippen molar-refractivity contribution in [2.75, 3.05) is 14.2 Å². The van der Waals surface area contributed by atoms with E-state index in [0.29, 0.717) is 26.1 Å². The Labute approximate surface area is 466 Å². The molecule has 1 amide bonds. The van der Waals surface area contributed by atoms with Gasteiger partial charge in [0.1, 0.15) is 11.6 Å². The quantitative estimate of drug-likeness (QED) is 0.0755. The van der Waals surface area contributed by atoms with Crippen LogP contribution >= 0.6 is 0 Å². The molecule has 1 saturated heterocycles. The van der Waals surface area contributed by atoms with Crippen molar-refractivity contribution in [3.05, 3.63) is 166 Å². The number of fused-ring (bicyclic) bond motifs is 6. The van der Waals surface area contributed by atoms with Gasteiger partial charge in [-0.05, 0) is 83.3 Å². The largest absolute Gasteiger partial charge is 0.481 e. The van der Waals surface area contributed by atoms with E-state index < -0.39 is 36.5 Å². The van der Waals surface area contributed by atoms with Crippen LogP contribution in [-0.4, -0.2) is 92.6 Å². The first-order chi connectivity index (χ1) is 38.2. The van der Waals surface area contributed by atoms with Gasteiger partial charge in [-0.15, -0.1) is 0 Å². The van der Waals surface area contributed by atoms with Gasteiger partial charge in [-0.25, -0.2) is 13.6 Å². The summed E-state index contributed by atoms with van der Waals surface area (Å²) in [7, 11) is 2.73. The van der Waals surface area contributed by atoms with Crippen LogP contribution in [0.3, 0.4) is 0 Å². The summed E-state index contributed by atoms with van der Waals surface area (Å²) in [6.45, 7) is 13.8. The number of methoxy groups -OCH3 is 2. The molecule has 0 saturated carbocycles. The van der Waals surface area contributed by atoms with Crippen molar-refractivity contribution in [1.29, 1.82) is 0 Å². The molecule has 14 nitrogen and oxygen atoms in total. The number of hydrogen-bond donors (Lipinski definition) is 4. The molecule has 0 aliphatic carbocycles. The maximum atomic E-state index is 14.2. The number of nitrogens with zero attached hydrogens (tertiary/aromatic N) is 3. The van der Waals surface area contributed by atoms with Crippen molar-refractivity contribution in [1.82, 2.24) is 20.2 Å². The Morgan fingerprint density at radius 3 is 1.86 bits per heavy atom. The highest BCUT2D eigenvalue weighted by atomic mass is 19.1. The highest BCUT2D eigenvalue weighted by Gasteiger charge is 2.36. The fourth-order valence-electron chi connectivity index (χ4n) is 10.7. The number of carbonyl (C=O) groups excluding carboxylic acids is 2. The molecule has 16 heteroatoms. The van der Waals surface area contributed by atoms with E-state index in [0.717, 1.165) is 89.5 Å². The molecule has 9 rings (SSSR count). The lowest BCUT2D eigenvalue weighted by Gasteiger charge is -2.39. The fraction of sp³-hybridized carbons (Fsp3) is 0.359. The lowest BCUT2D eigenvalue weighted by atomic mass is 9.87. The van der Waals surface area contributed by atoms with E-state index in [1.54, 1.807) is 41.3 Å². The third-order valence-corrected chi connectivity index (χ3v) is 14.3. The molecule has 1 fully saturated rings. The van der Waals surface area contributed by atoms with Crippen molar-refractivity contribution in [3.8, 4) is 44.8 Å². The Kier molecular flexibility index (Phi) is 18.9. The Morgan fingerprint density at radius 1 is 0.738 bits per heavy atom. The number of aliphatic hydroxyl groups is 2. The second kappa shape index (κ2) is 25.8. The highest BCUT2D eigenvalue weighted by molar-refractivity contribution is 5.88. The number of esters is 1. The molecular formula is C64H70F2N4O10. The molecule has 0 spiro atoms.